The maximum Gasteiger partial charge on any atom is 0.246 e. The number of nitrogens with zero attached hydrogens (tertiary/aromatic N) is 1. The molecule has 1 N–H and O–H groups in total. The van der Waals surface area contributed by atoms with E-state index in [4.69, 9.17) is 4.42 Å². The molecule has 2 heterocycles. The molecule has 1 saturated heterocycles. The van der Waals surface area contributed by atoms with Crippen molar-refractivity contribution in [2.24, 2.45) is 0 Å². The van der Waals surface area contributed by atoms with E-state index in [2.05, 4.69) is 0 Å². The van der Waals surface area contributed by atoms with Crippen LogP contribution in [0, 0.1) is 6.92 Å². The summed E-state index contributed by atoms with van der Waals surface area (Å²) in [4.78, 5) is 14.0. The van der Waals surface area contributed by atoms with Crippen molar-refractivity contribution >= 4 is 12.0 Å². The van der Waals surface area contributed by atoms with Crippen molar-refractivity contribution in [3.63, 3.8) is 0 Å². The lowest BCUT2D eigenvalue weighted by molar-refractivity contribution is -0.127. The van der Waals surface area contributed by atoms with Crippen molar-refractivity contribution in [1.82, 2.24) is 4.90 Å². The van der Waals surface area contributed by atoms with Gasteiger partial charge in [-0.1, -0.05) is 0 Å². The lowest BCUT2D eigenvalue weighted by Crippen LogP contribution is -2.36. The van der Waals surface area contributed by atoms with Crippen LogP contribution in [0.5, 0.6) is 0 Å². The van der Waals surface area contributed by atoms with Gasteiger partial charge < -0.3 is 14.4 Å². The zero-order chi connectivity index (χ0) is 13.8. The number of aliphatic hydroxyl groups is 1. The number of hydrogen-bond acceptors (Lipinski definition) is 3. The number of aliphatic hydroxyl groups excluding tert-OH is 1. The maximum atomic E-state index is 12.1. The third kappa shape index (κ3) is 3.70. The molecule has 0 radical (unpaired) electrons. The molecule has 1 amide bonds. The van der Waals surface area contributed by atoms with Gasteiger partial charge in [-0.3, -0.25) is 4.79 Å². The molecule has 1 aromatic heterocycles. The van der Waals surface area contributed by atoms with Gasteiger partial charge in [0.1, 0.15) is 11.5 Å². The number of amides is 1. The van der Waals surface area contributed by atoms with Crippen molar-refractivity contribution in [2.75, 3.05) is 6.54 Å². The summed E-state index contributed by atoms with van der Waals surface area (Å²) in [6, 6.07) is 3.88. The lowest BCUT2D eigenvalue weighted by atomic mass is 10.1. The Hall–Kier alpha value is -1.55. The number of rotatable bonds is 4. The standard InChI is InChI=1S/C15H21NO3/c1-11(17)10-13-4-3-9-16(13)15(18)8-7-14-6-5-12(2)19-14/h5-8,11,13,17H,3-4,9-10H2,1-2H3. The first kappa shape index (κ1) is 13.9. The van der Waals surface area contributed by atoms with Crippen molar-refractivity contribution in [2.45, 2.75) is 45.3 Å². The quantitative estimate of drug-likeness (QED) is 0.848. The van der Waals surface area contributed by atoms with E-state index in [1.807, 2.05) is 24.0 Å². The van der Waals surface area contributed by atoms with E-state index in [1.54, 1.807) is 19.1 Å². The normalized spacial score (nSPS) is 21.2. The van der Waals surface area contributed by atoms with Gasteiger partial charge >= 0.3 is 0 Å². The molecule has 0 bridgehead atoms. The van der Waals surface area contributed by atoms with Crippen LogP contribution in [-0.4, -0.2) is 34.6 Å². The molecular formula is C15H21NO3. The highest BCUT2D eigenvalue weighted by molar-refractivity contribution is 5.91. The zero-order valence-electron chi connectivity index (χ0n) is 11.5. The second kappa shape index (κ2) is 6.06. The molecule has 2 unspecified atom stereocenters. The highest BCUT2D eigenvalue weighted by Crippen LogP contribution is 2.22. The summed E-state index contributed by atoms with van der Waals surface area (Å²) in [5, 5.41) is 9.45. The number of hydrogen-bond donors (Lipinski definition) is 1. The Morgan fingerprint density at radius 2 is 2.42 bits per heavy atom. The number of carbonyl (C=O) groups is 1. The minimum absolute atomic E-state index is 0.00259. The Morgan fingerprint density at radius 1 is 1.63 bits per heavy atom. The molecule has 4 heteroatoms. The van der Waals surface area contributed by atoms with E-state index in [9.17, 15) is 9.90 Å². The molecule has 1 aliphatic heterocycles. The average molecular weight is 263 g/mol. The predicted octanol–water partition coefficient (Wildman–Crippen LogP) is 2.36. The van der Waals surface area contributed by atoms with Crippen molar-refractivity contribution in [1.29, 1.82) is 0 Å². The van der Waals surface area contributed by atoms with Crippen LogP contribution in [0.15, 0.2) is 22.6 Å². The lowest BCUT2D eigenvalue weighted by Gasteiger charge is -2.24. The van der Waals surface area contributed by atoms with Crippen molar-refractivity contribution in [3.05, 3.63) is 29.7 Å². The molecule has 4 nitrogen and oxygen atoms in total. The molecule has 0 aromatic carbocycles. The molecular weight excluding hydrogens is 242 g/mol. The average Bonchev–Trinajstić information content (AvgIpc) is 2.94. The molecule has 2 atom stereocenters. The Bertz CT molecular complexity index is 462. The van der Waals surface area contributed by atoms with Gasteiger partial charge in [-0.05, 0) is 51.3 Å². The van der Waals surface area contributed by atoms with E-state index in [-0.39, 0.29) is 18.1 Å². The first-order valence-corrected chi connectivity index (χ1v) is 6.79. The van der Waals surface area contributed by atoms with Crippen LogP contribution in [-0.2, 0) is 4.79 Å². The smallest absolute Gasteiger partial charge is 0.246 e. The fourth-order valence-electron chi connectivity index (χ4n) is 2.56. The topological polar surface area (TPSA) is 53.7 Å². The van der Waals surface area contributed by atoms with Gasteiger partial charge in [0.2, 0.25) is 5.91 Å². The first-order valence-electron chi connectivity index (χ1n) is 6.79. The van der Waals surface area contributed by atoms with Crippen LogP contribution < -0.4 is 0 Å². The van der Waals surface area contributed by atoms with Gasteiger partial charge in [0.25, 0.3) is 0 Å². The minimum atomic E-state index is -0.366. The summed E-state index contributed by atoms with van der Waals surface area (Å²) in [5.74, 6) is 1.52. The van der Waals surface area contributed by atoms with E-state index in [0.29, 0.717) is 12.2 Å². The minimum Gasteiger partial charge on any atom is -0.462 e. The predicted molar refractivity (Wildman–Crippen MR) is 73.5 cm³/mol. The Labute approximate surface area is 113 Å². The molecule has 0 spiro atoms. The molecule has 1 fully saturated rings. The molecule has 0 saturated carbocycles. The summed E-state index contributed by atoms with van der Waals surface area (Å²) in [6.45, 7) is 4.42. The molecule has 0 aliphatic carbocycles. The van der Waals surface area contributed by atoms with Crippen LogP contribution in [0.2, 0.25) is 0 Å². The summed E-state index contributed by atoms with van der Waals surface area (Å²) in [7, 11) is 0. The number of furan rings is 1. The first-order chi connectivity index (χ1) is 9.06. The second-order valence-electron chi connectivity index (χ2n) is 5.19. The van der Waals surface area contributed by atoms with Crippen LogP contribution in [0.4, 0.5) is 0 Å². The van der Waals surface area contributed by atoms with E-state index in [1.165, 1.54) is 0 Å². The monoisotopic (exact) mass is 263 g/mol. The molecule has 104 valence electrons. The van der Waals surface area contributed by atoms with Crippen LogP contribution in [0.3, 0.4) is 0 Å². The molecule has 2 rings (SSSR count). The Morgan fingerprint density at radius 3 is 3.05 bits per heavy atom. The van der Waals surface area contributed by atoms with Gasteiger partial charge in [-0.25, -0.2) is 0 Å². The van der Waals surface area contributed by atoms with Crippen LogP contribution >= 0.6 is 0 Å². The second-order valence-corrected chi connectivity index (χ2v) is 5.19. The van der Waals surface area contributed by atoms with Crippen molar-refractivity contribution < 1.29 is 14.3 Å². The highest BCUT2D eigenvalue weighted by Gasteiger charge is 2.28. The molecule has 19 heavy (non-hydrogen) atoms. The van der Waals surface area contributed by atoms with Crippen molar-refractivity contribution in [3.8, 4) is 0 Å². The molecule has 1 aromatic rings. The van der Waals surface area contributed by atoms with Gasteiger partial charge in [0.15, 0.2) is 0 Å². The highest BCUT2D eigenvalue weighted by atomic mass is 16.3. The van der Waals surface area contributed by atoms with Gasteiger partial charge in [-0.2, -0.15) is 0 Å². The summed E-state index contributed by atoms with van der Waals surface area (Å²) >= 11 is 0. The largest absolute Gasteiger partial charge is 0.462 e. The number of likely N-dealkylation sites (tertiary alicyclic amines) is 1. The maximum absolute atomic E-state index is 12.1. The van der Waals surface area contributed by atoms with E-state index < -0.39 is 0 Å². The summed E-state index contributed by atoms with van der Waals surface area (Å²) in [5.41, 5.74) is 0. The third-order valence-corrected chi connectivity index (χ3v) is 3.42. The Kier molecular flexibility index (Phi) is 4.43. The van der Waals surface area contributed by atoms with E-state index >= 15 is 0 Å². The fraction of sp³-hybridized carbons (Fsp3) is 0.533. The van der Waals surface area contributed by atoms with E-state index in [0.717, 1.165) is 25.1 Å². The number of aryl methyl sites for hydroxylation is 1. The molecule has 1 aliphatic rings. The zero-order valence-corrected chi connectivity index (χ0v) is 11.5. The SMILES string of the molecule is Cc1ccc(C=CC(=O)N2CCCC2CC(C)O)o1. The summed E-state index contributed by atoms with van der Waals surface area (Å²) < 4.78 is 5.39. The Balaban J connectivity index is 1.97. The fourth-order valence-corrected chi connectivity index (χ4v) is 2.56. The number of carbonyl (C=O) groups excluding carboxylic acids is 1. The van der Waals surface area contributed by atoms with Crippen LogP contribution in [0.25, 0.3) is 6.08 Å². The van der Waals surface area contributed by atoms with Gasteiger partial charge in [0.05, 0.1) is 6.10 Å². The van der Waals surface area contributed by atoms with Gasteiger partial charge in [-0.15, -0.1) is 0 Å². The summed E-state index contributed by atoms with van der Waals surface area (Å²) in [6.07, 6.45) is 5.53. The third-order valence-electron chi connectivity index (χ3n) is 3.42. The van der Waals surface area contributed by atoms with Gasteiger partial charge in [0, 0.05) is 18.7 Å². The van der Waals surface area contributed by atoms with Crippen LogP contribution in [0.1, 0.15) is 37.7 Å².